The molecule has 0 aliphatic carbocycles. The fourth-order valence-electron chi connectivity index (χ4n) is 2.48. The molecule has 1 atom stereocenters. The van der Waals surface area contributed by atoms with Crippen LogP contribution in [-0.2, 0) is 6.42 Å². The molecular formula is C14H17NO. The Kier molecular flexibility index (Phi) is 2.43. The lowest BCUT2D eigenvalue weighted by molar-refractivity contribution is 0.356. The predicted molar refractivity (Wildman–Crippen MR) is 65.4 cm³/mol. The van der Waals surface area contributed by atoms with Gasteiger partial charge >= 0.3 is 0 Å². The van der Waals surface area contributed by atoms with Crippen LogP contribution in [0, 0.1) is 5.92 Å². The minimum absolute atomic E-state index is 0.737. The molecule has 0 spiro atoms. The zero-order valence-electron chi connectivity index (χ0n) is 9.70. The molecule has 84 valence electrons. The van der Waals surface area contributed by atoms with Gasteiger partial charge in [-0.25, -0.2) is 0 Å². The van der Waals surface area contributed by atoms with Gasteiger partial charge in [-0.3, -0.25) is 4.99 Å². The molecule has 3 rings (SSSR count). The van der Waals surface area contributed by atoms with E-state index in [1.807, 2.05) is 0 Å². The van der Waals surface area contributed by atoms with Crippen molar-refractivity contribution in [3.63, 3.8) is 0 Å². The van der Waals surface area contributed by atoms with E-state index in [1.54, 1.807) is 0 Å². The van der Waals surface area contributed by atoms with Crippen molar-refractivity contribution < 1.29 is 4.74 Å². The zero-order chi connectivity index (χ0) is 11.0. The lowest BCUT2D eigenvalue weighted by Gasteiger charge is -2.18. The predicted octanol–water partition coefficient (Wildman–Crippen LogP) is 2.84. The van der Waals surface area contributed by atoms with Crippen LogP contribution in [0.5, 0.6) is 5.75 Å². The number of benzene rings is 1. The first-order valence-corrected chi connectivity index (χ1v) is 6.13. The van der Waals surface area contributed by atoms with E-state index in [9.17, 15) is 0 Å². The average molecular weight is 215 g/mol. The van der Waals surface area contributed by atoms with Crippen LogP contribution in [0.2, 0.25) is 0 Å². The number of nitrogens with zero attached hydrogens (tertiary/aromatic N) is 1. The van der Waals surface area contributed by atoms with Crippen LogP contribution in [0.15, 0.2) is 23.2 Å². The van der Waals surface area contributed by atoms with Crippen molar-refractivity contribution in [3.8, 4) is 5.75 Å². The first-order chi connectivity index (χ1) is 7.84. The van der Waals surface area contributed by atoms with Crippen LogP contribution in [0.4, 0.5) is 0 Å². The summed E-state index contributed by atoms with van der Waals surface area (Å²) >= 11 is 0. The highest BCUT2D eigenvalue weighted by atomic mass is 16.5. The Morgan fingerprint density at radius 2 is 2.25 bits per heavy atom. The molecule has 0 saturated carbocycles. The third-order valence-electron chi connectivity index (χ3n) is 3.49. The minimum atomic E-state index is 0.737. The maximum Gasteiger partial charge on any atom is 0.131 e. The molecule has 2 nitrogen and oxygen atoms in total. The summed E-state index contributed by atoms with van der Waals surface area (Å²) in [6.07, 6.45) is 3.40. The molecule has 0 N–H and O–H groups in total. The van der Waals surface area contributed by atoms with Crippen molar-refractivity contribution in [1.29, 1.82) is 0 Å². The molecule has 0 bridgehead atoms. The van der Waals surface area contributed by atoms with Gasteiger partial charge in [0.1, 0.15) is 5.75 Å². The Labute approximate surface area is 96.3 Å². The Balaban J connectivity index is 1.98. The highest BCUT2D eigenvalue weighted by Crippen LogP contribution is 2.32. The van der Waals surface area contributed by atoms with Crippen molar-refractivity contribution in [2.45, 2.75) is 26.2 Å². The Morgan fingerprint density at radius 1 is 1.31 bits per heavy atom. The Bertz CT molecular complexity index is 436. The lowest BCUT2D eigenvalue weighted by Crippen LogP contribution is -2.14. The number of aliphatic imine (C=N–C) groups is 1. The van der Waals surface area contributed by atoms with Gasteiger partial charge in [0, 0.05) is 24.2 Å². The standard InChI is InChI=1S/C14H17NO/c1-10-5-6-13(15-9-10)12-4-2-3-11-7-8-16-14(11)12/h2-4,10H,5-9H2,1H3. The number of rotatable bonds is 1. The van der Waals surface area contributed by atoms with E-state index in [1.165, 1.54) is 23.3 Å². The van der Waals surface area contributed by atoms with Crippen molar-refractivity contribution in [1.82, 2.24) is 0 Å². The molecule has 0 amide bonds. The van der Waals surface area contributed by atoms with Crippen LogP contribution in [0.3, 0.4) is 0 Å². The second kappa shape index (κ2) is 3.93. The first kappa shape index (κ1) is 9.88. The topological polar surface area (TPSA) is 21.6 Å². The normalized spacial score (nSPS) is 23.6. The number of hydrogen-bond acceptors (Lipinski definition) is 2. The van der Waals surface area contributed by atoms with E-state index < -0.39 is 0 Å². The number of para-hydroxylation sites is 1. The molecule has 0 radical (unpaired) electrons. The summed E-state index contributed by atoms with van der Waals surface area (Å²) in [4.78, 5) is 4.69. The van der Waals surface area contributed by atoms with Crippen LogP contribution < -0.4 is 4.74 Å². The summed E-state index contributed by atoms with van der Waals surface area (Å²) in [6.45, 7) is 4.07. The third kappa shape index (κ3) is 1.62. The van der Waals surface area contributed by atoms with Gasteiger partial charge in [-0.1, -0.05) is 19.1 Å². The molecule has 2 aliphatic rings. The monoisotopic (exact) mass is 215 g/mol. The van der Waals surface area contributed by atoms with Gasteiger partial charge in [0.25, 0.3) is 0 Å². The summed E-state index contributed by atoms with van der Waals surface area (Å²) in [6, 6.07) is 6.44. The largest absolute Gasteiger partial charge is 0.492 e. The van der Waals surface area contributed by atoms with E-state index >= 15 is 0 Å². The summed E-state index contributed by atoms with van der Waals surface area (Å²) in [5.74, 6) is 1.83. The van der Waals surface area contributed by atoms with Gasteiger partial charge in [0.2, 0.25) is 0 Å². The second-order valence-electron chi connectivity index (χ2n) is 4.82. The molecule has 0 saturated heterocycles. The molecule has 0 aromatic heterocycles. The highest BCUT2D eigenvalue weighted by molar-refractivity contribution is 6.03. The summed E-state index contributed by atoms with van der Waals surface area (Å²) in [5.41, 5.74) is 3.83. The highest BCUT2D eigenvalue weighted by Gasteiger charge is 2.21. The molecule has 2 aliphatic heterocycles. The maximum absolute atomic E-state index is 5.73. The van der Waals surface area contributed by atoms with E-state index in [2.05, 4.69) is 25.1 Å². The zero-order valence-corrected chi connectivity index (χ0v) is 9.70. The number of hydrogen-bond donors (Lipinski definition) is 0. The maximum atomic E-state index is 5.73. The SMILES string of the molecule is CC1CCC(c2cccc3c2OCC3)=NC1. The molecule has 0 fully saturated rings. The number of fused-ring (bicyclic) bond motifs is 1. The van der Waals surface area contributed by atoms with Gasteiger partial charge in [0.05, 0.1) is 6.61 Å². The van der Waals surface area contributed by atoms with E-state index in [0.717, 1.165) is 37.7 Å². The van der Waals surface area contributed by atoms with E-state index in [-0.39, 0.29) is 0 Å². The minimum Gasteiger partial charge on any atom is -0.492 e. The molecule has 1 aromatic carbocycles. The smallest absolute Gasteiger partial charge is 0.131 e. The van der Waals surface area contributed by atoms with Gasteiger partial charge < -0.3 is 4.74 Å². The van der Waals surface area contributed by atoms with Gasteiger partial charge in [0.15, 0.2) is 0 Å². The average Bonchev–Trinajstić information content (AvgIpc) is 2.78. The first-order valence-electron chi connectivity index (χ1n) is 6.13. The van der Waals surface area contributed by atoms with E-state index in [4.69, 9.17) is 9.73 Å². The van der Waals surface area contributed by atoms with Crippen molar-refractivity contribution >= 4 is 5.71 Å². The Morgan fingerprint density at radius 3 is 3.06 bits per heavy atom. The van der Waals surface area contributed by atoms with Gasteiger partial charge in [-0.2, -0.15) is 0 Å². The molecule has 1 unspecified atom stereocenters. The van der Waals surface area contributed by atoms with Crippen molar-refractivity contribution in [3.05, 3.63) is 29.3 Å². The van der Waals surface area contributed by atoms with Crippen LogP contribution >= 0.6 is 0 Å². The third-order valence-corrected chi connectivity index (χ3v) is 3.49. The Hall–Kier alpha value is -1.31. The second-order valence-corrected chi connectivity index (χ2v) is 4.82. The fraction of sp³-hybridized carbons (Fsp3) is 0.500. The lowest BCUT2D eigenvalue weighted by atomic mass is 9.94. The fourth-order valence-corrected chi connectivity index (χ4v) is 2.48. The molecule has 2 heterocycles. The van der Waals surface area contributed by atoms with Gasteiger partial charge in [-0.15, -0.1) is 0 Å². The molecule has 16 heavy (non-hydrogen) atoms. The number of ether oxygens (including phenoxy) is 1. The van der Waals surface area contributed by atoms with Crippen molar-refractivity contribution in [2.24, 2.45) is 10.9 Å². The summed E-state index contributed by atoms with van der Waals surface area (Å²) < 4.78 is 5.73. The summed E-state index contributed by atoms with van der Waals surface area (Å²) in [7, 11) is 0. The van der Waals surface area contributed by atoms with E-state index in [0.29, 0.717) is 0 Å². The molecule has 2 heteroatoms. The van der Waals surface area contributed by atoms with Crippen molar-refractivity contribution in [2.75, 3.05) is 13.2 Å². The summed E-state index contributed by atoms with van der Waals surface area (Å²) in [5, 5.41) is 0. The molecular weight excluding hydrogens is 198 g/mol. The molecule has 1 aromatic rings. The van der Waals surface area contributed by atoms with Crippen LogP contribution in [0.1, 0.15) is 30.9 Å². The van der Waals surface area contributed by atoms with Crippen LogP contribution in [-0.4, -0.2) is 18.9 Å². The van der Waals surface area contributed by atoms with Crippen LogP contribution in [0.25, 0.3) is 0 Å². The van der Waals surface area contributed by atoms with Gasteiger partial charge in [-0.05, 0) is 30.4 Å². The quantitative estimate of drug-likeness (QED) is 0.706.